The van der Waals surface area contributed by atoms with Crippen LogP contribution in [-0.2, 0) is 23.9 Å². The number of hydrogen-bond acceptors (Lipinski definition) is 5. The molecule has 1 aliphatic heterocycles. The normalized spacial score (nSPS) is 21.4. The standard InChI is InChI=1S/C15H21N5O2S/c1-11-16-7-13(23-11)8-17-14(21)20-4-5-22-15(2,10-20)12-6-18-19(3)9-12/h6-7,9H,4-5,8,10H2,1-3H3,(H,17,21). The Morgan fingerprint density at radius 1 is 1.52 bits per heavy atom. The summed E-state index contributed by atoms with van der Waals surface area (Å²) in [5.41, 5.74) is 0.459. The molecule has 8 heteroatoms. The molecule has 1 atom stereocenters. The van der Waals surface area contributed by atoms with Crippen LogP contribution < -0.4 is 5.32 Å². The van der Waals surface area contributed by atoms with Gasteiger partial charge in [-0.3, -0.25) is 4.68 Å². The second-order valence-corrected chi connectivity index (χ2v) is 7.23. The van der Waals surface area contributed by atoms with Crippen LogP contribution in [0.2, 0.25) is 0 Å². The molecule has 1 N–H and O–H groups in total. The second kappa shape index (κ2) is 6.29. The van der Waals surface area contributed by atoms with Gasteiger partial charge in [-0.05, 0) is 13.8 Å². The largest absolute Gasteiger partial charge is 0.367 e. The first-order valence-corrected chi connectivity index (χ1v) is 8.35. The summed E-state index contributed by atoms with van der Waals surface area (Å²) < 4.78 is 7.67. The maximum absolute atomic E-state index is 12.4. The number of aryl methyl sites for hydroxylation is 2. The van der Waals surface area contributed by atoms with Gasteiger partial charge in [0.05, 0.1) is 30.9 Å². The molecule has 3 heterocycles. The van der Waals surface area contributed by atoms with Gasteiger partial charge in [0.25, 0.3) is 0 Å². The number of morpholine rings is 1. The molecule has 2 aromatic rings. The van der Waals surface area contributed by atoms with Crippen molar-refractivity contribution in [1.82, 2.24) is 25.0 Å². The van der Waals surface area contributed by atoms with Crippen molar-refractivity contribution in [3.63, 3.8) is 0 Å². The number of ether oxygens (including phenoxy) is 1. The summed E-state index contributed by atoms with van der Waals surface area (Å²) in [7, 11) is 1.87. The van der Waals surface area contributed by atoms with E-state index >= 15 is 0 Å². The van der Waals surface area contributed by atoms with Gasteiger partial charge < -0.3 is 15.0 Å². The summed E-state index contributed by atoms with van der Waals surface area (Å²) in [6, 6.07) is -0.0746. The van der Waals surface area contributed by atoms with E-state index in [-0.39, 0.29) is 6.03 Å². The third-order valence-electron chi connectivity index (χ3n) is 3.96. The molecule has 3 rings (SSSR count). The van der Waals surface area contributed by atoms with Gasteiger partial charge in [0.15, 0.2) is 0 Å². The van der Waals surface area contributed by atoms with Crippen LogP contribution in [0, 0.1) is 6.92 Å². The zero-order chi connectivity index (χ0) is 16.4. The van der Waals surface area contributed by atoms with Gasteiger partial charge in [-0.2, -0.15) is 5.10 Å². The molecule has 2 aromatic heterocycles. The minimum absolute atomic E-state index is 0.0746. The Hall–Kier alpha value is -1.93. The number of nitrogens with zero attached hydrogens (tertiary/aromatic N) is 4. The highest BCUT2D eigenvalue weighted by Crippen LogP contribution is 2.29. The van der Waals surface area contributed by atoms with Gasteiger partial charge in [0.1, 0.15) is 5.60 Å². The first-order chi connectivity index (χ1) is 11.0. The number of nitrogens with one attached hydrogen (secondary N) is 1. The molecule has 0 saturated carbocycles. The topological polar surface area (TPSA) is 72.3 Å². The van der Waals surface area contributed by atoms with Gasteiger partial charge in [-0.15, -0.1) is 11.3 Å². The Balaban J connectivity index is 1.62. The van der Waals surface area contributed by atoms with Crippen LogP contribution in [0.25, 0.3) is 0 Å². The highest BCUT2D eigenvalue weighted by Gasteiger charge is 2.36. The molecule has 1 unspecified atom stereocenters. The second-order valence-electron chi connectivity index (χ2n) is 5.91. The monoisotopic (exact) mass is 335 g/mol. The first kappa shape index (κ1) is 15.9. The number of amides is 2. The molecule has 2 amide bonds. The molecule has 0 aromatic carbocycles. The number of carbonyl (C=O) groups excluding carboxylic acids is 1. The fourth-order valence-electron chi connectivity index (χ4n) is 2.67. The number of hydrogen-bond donors (Lipinski definition) is 1. The number of rotatable bonds is 3. The van der Waals surface area contributed by atoms with Crippen LogP contribution in [0.15, 0.2) is 18.6 Å². The number of urea groups is 1. The minimum Gasteiger partial charge on any atom is -0.367 e. The van der Waals surface area contributed by atoms with Crippen LogP contribution in [-0.4, -0.2) is 45.4 Å². The van der Waals surface area contributed by atoms with Gasteiger partial charge in [-0.25, -0.2) is 9.78 Å². The predicted octanol–water partition coefficient (Wildman–Crippen LogP) is 1.64. The predicted molar refractivity (Wildman–Crippen MR) is 87.2 cm³/mol. The summed E-state index contributed by atoms with van der Waals surface area (Å²) in [5.74, 6) is 0. The summed E-state index contributed by atoms with van der Waals surface area (Å²) in [5, 5.41) is 8.16. The third-order valence-corrected chi connectivity index (χ3v) is 4.87. The SMILES string of the molecule is Cc1ncc(CNC(=O)N2CCOC(C)(c3cnn(C)c3)C2)s1. The molecule has 1 fully saturated rings. The van der Waals surface area contributed by atoms with E-state index in [1.54, 1.807) is 33.3 Å². The average Bonchev–Trinajstić information content (AvgIpc) is 3.14. The fourth-order valence-corrected chi connectivity index (χ4v) is 3.41. The van der Waals surface area contributed by atoms with Crippen LogP contribution in [0.5, 0.6) is 0 Å². The summed E-state index contributed by atoms with van der Waals surface area (Å²) >= 11 is 1.60. The summed E-state index contributed by atoms with van der Waals surface area (Å²) in [6.45, 7) is 6.06. The number of thiazole rings is 1. The van der Waals surface area contributed by atoms with Crippen LogP contribution in [0.3, 0.4) is 0 Å². The minimum atomic E-state index is -0.523. The zero-order valence-electron chi connectivity index (χ0n) is 13.6. The van der Waals surface area contributed by atoms with Crippen molar-refractivity contribution in [3.8, 4) is 0 Å². The van der Waals surface area contributed by atoms with Gasteiger partial charge in [0, 0.05) is 36.4 Å². The van der Waals surface area contributed by atoms with Crippen LogP contribution in [0.4, 0.5) is 4.79 Å². The molecule has 0 radical (unpaired) electrons. The quantitative estimate of drug-likeness (QED) is 0.925. The van der Waals surface area contributed by atoms with Gasteiger partial charge in [-0.1, -0.05) is 0 Å². The lowest BCUT2D eigenvalue weighted by atomic mass is 9.97. The Morgan fingerprint density at radius 3 is 3.00 bits per heavy atom. The highest BCUT2D eigenvalue weighted by molar-refractivity contribution is 7.11. The summed E-state index contributed by atoms with van der Waals surface area (Å²) in [6.07, 6.45) is 5.53. The Morgan fingerprint density at radius 2 is 2.35 bits per heavy atom. The highest BCUT2D eigenvalue weighted by atomic mass is 32.1. The van der Waals surface area contributed by atoms with E-state index in [1.165, 1.54) is 0 Å². The molecule has 0 aliphatic carbocycles. The fraction of sp³-hybridized carbons (Fsp3) is 0.533. The van der Waals surface area contributed by atoms with Crippen molar-refractivity contribution < 1.29 is 9.53 Å². The molecule has 23 heavy (non-hydrogen) atoms. The van der Waals surface area contributed by atoms with E-state index in [0.29, 0.717) is 26.2 Å². The lowest BCUT2D eigenvalue weighted by Gasteiger charge is -2.39. The van der Waals surface area contributed by atoms with E-state index in [1.807, 2.05) is 27.1 Å². The van der Waals surface area contributed by atoms with Crippen LogP contribution in [0.1, 0.15) is 22.4 Å². The number of carbonyl (C=O) groups is 1. The molecule has 1 aliphatic rings. The maximum Gasteiger partial charge on any atom is 0.317 e. The maximum atomic E-state index is 12.4. The Kier molecular flexibility index (Phi) is 4.36. The molecular weight excluding hydrogens is 314 g/mol. The lowest BCUT2D eigenvalue weighted by molar-refractivity contribution is -0.0907. The van der Waals surface area contributed by atoms with E-state index in [4.69, 9.17) is 4.74 Å². The van der Waals surface area contributed by atoms with E-state index < -0.39 is 5.60 Å². The first-order valence-electron chi connectivity index (χ1n) is 7.53. The lowest BCUT2D eigenvalue weighted by Crippen LogP contribution is -2.53. The third kappa shape index (κ3) is 3.53. The molecule has 0 bridgehead atoms. The van der Waals surface area contributed by atoms with E-state index in [9.17, 15) is 4.79 Å². The van der Waals surface area contributed by atoms with Crippen molar-refractivity contribution in [3.05, 3.63) is 34.0 Å². The van der Waals surface area contributed by atoms with Gasteiger partial charge >= 0.3 is 6.03 Å². The smallest absolute Gasteiger partial charge is 0.317 e. The average molecular weight is 335 g/mol. The molecule has 0 spiro atoms. The summed E-state index contributed by atoms with van der Waals surface area (Å²) in [4.78, 5) is 19.5. The zero-order valence-corrected chi connectivity index (χ0v) is 14.4. The molecular formula is C15H21N5O2S. The van der Waals surface area contributed by atoms with Crippen molar-refractivity contribution in [1.29, 1.82) is 0 Å². The van der Waals surface area contributed by atoms with E-state index in [0.717, 1.165) is 15.4 Å². The van der Waals surface area contributed by atoms with Crippen LogP contribution >= 0.6 is 11.3 Å². The van der Waals surface area contributed by atoms with E-state index in [2.05, 4.69) is 15.4 Å². The van der Waals surface area contributed by atoms with Crippen molar-refractivity contribution in [2.75, 3.05) is 19.7 Å². The molecule has 1 saturated heterocycles. The van der Waals surface area contributed by atoms with Crippen molar-refractivity contribution >= 4 is 17.4 Å². The molecule has 7 nitrogen and oxygen atoms in total. The Bertz CT molecular complexity index is 698. The molecule has 124 valence electrons. The Labute approximate surface area is 139 Å². The van der Waals surface area contributed by atoms with Crippen molar-refractivity contribution in [2.45, 2.75) is 26.0 Å². The van der Waals surface area contributed by atoms with Gasteiger partial charge in [0.2, 0.25) is 0 Å². The van der Waals surface area contributed by atoms with Crippen molar-refractivity contribution in [2.24, 2.45) is 7.05 Å². The number of aromatic nitrogens is 3.